The molecule has 9 heteroatoms. The predicted octanol–water partition coefficient (Wildman–Crippen LogP) is 5.16. The summed E-state index contributed by atoms with van der Waals surface area (Å²) in [5, 5.41) is 7.15. The lowest BCUT2D eigenvalue weighted by atomic mass is 9.89. The van der Waals surface area contributed by atoms with Crippen molar-refractivity contribution in [1.82, 2.24) is 19.4 Å². The molecule has 3 aromatic rings. The first-order valence-corrected chi connectivity index (χ1v) is 12.1. The van der Waals surface area contributed by atoms with E-state index in [0.717, 1.165) is 49.9 Å². The summed E-state index contributed by atoms with van der Waals surface area (Å²) in [4.78, 5) is 29.4. The second-order valence-electron chi connectivity index (χ2n) is 9.02. The number of fused-ring (bicyclic) bond motifs is 1. The van der Waals surface area contributed by atoms with E-state index in [9.17, 15) is 14.0 Å². The molecule has 3 amide bonds. The van der Waals surface area contributed by atoms with Gasteiger partial charge in [0, 0.05) is 38.1 Å². The maximum absolute atomic E-state index is 13.4. The number of hydrogen-bond donors (Lipinski definition) is 1. The molecule has 34 heavy (non-hydrogen) atoms. The number of nitrogens with one attached hydrogen (secondary N) is 1. The molecule has 0 radical (unpaired) electrons. The molecule has 7 nitrogen and oxygen atoms in total. The Morgan fingerprint density at radius 2 is 1.76 bits per heavy atom. The van der Waals surface area contributed by atoms with Crippen LogP contribution in [0.3, 0.4) is 0 Å². The van der Waals surface area contributed by atoms with Gasteiger partial charge in [-0.05, 0) is 73.9 Å². The van der Waals surface area contributed by atoms with E-state index in [1.165, 1.54) is 24.6 Å². The molecule has 1 N–H and O–H groups in total. The topological polar surface area (TPSA) is 70.0 Å². The fourth-order valence-corrected chi connectivity index (χ4v) is 5.06. The van der Waals surface area contributed by atoms with Crippen LogP contribution in [0.15, 0.2) is 42.7 Å². The Hall–Kier alpha value is -3.13. The van der Waals surface area contributed by atoms with Crippen molar-refractivity contribution in [2.45, 2.75) is 38.0 Å². The van der Waals surface area contributed by atoms with Crippen molar-refractivity contribution in [2.24, 2.45) is 0 Å². The van der Waals surface area contributed by atoms with E-state index in [0.29, 0.717) is 30.3 Å². The molecule has 1 aromatic carbocycles. The van der Waals surface area contributed by atoms with Gasteiger partial charge in [0.05, 0.1) is 22.3 Å². The second-order valence-corrected chi connectivity index (χ2v) is 9.43. The quantitative estimate of drug-likeness (QED) is 0.559. The summed E-state index contributed by atoms with van der Waals surface area (Å²) in [6.07, 6.45) is 8.50. The molecule has 2 aromatic heterocycles. The Morgan fingerprint density at radius 1 is 1.00 bits per heavy atom. The van der Waals surface area contributed by atoms with E-state index in [1.54, 1.807) is 15.6 Å². The minimum absolute atomic E-state index is 0.0232. The van der Waals surface area contributed by atoms with E-state index in [-0.39, 0.29) is 17.0 Å². The average Bonchev–Trinajstić information content (AvgIpc) is 3.30. The minimum atomic E-state index is -0.517. The van der Waals surface area contributed by atoms with E-state index in [2.05, 4.69) is 22.5 Å². The average molecular weight is 484 g/mol. The van der Waals surface area contributed by atoms with Crippen LogP contribution in [0.1, 0.15) is 53.9 Å². The van der Waals surface area contributed by atoms with Crippen LogP contribution in [-0.4, -0.2) is 57.5 Å². The lowest BCUT2D eigenvalue weighted by Crippen LogP contribution is -2.40. The molecule has 0 spiro atoms. The number of benzene rings is 1. The maximum Gasteiger partial charge on any atom is 0.321 e. The molecule has 2 aliphatic rings. The van der Waals surface area contributed by atoms with Crippen molar-refractivity contribution in [1.29, 1.82) is 0 Å². The smallest absolute Gasteiger partial charge is 0.321 e. The molecule has 2 saturated heterocycles. The van der Waals surface area contributed by atoms with E-state index >= 15 is 0 Å². The second kappa shape index (κ2) is 9.62. The molecule has 4 heterocycles. The number of halogens is 2. The van der Waals surface area contributed by atoms with Gasteiger partial charge in [0.25, 0.3) is 5.91 Å². The summed E-state index contributed by atoms with van der Waals surface area (Å²) in [5.41, 5.74) is 3.11. The predicted molar refractivity (Wildman–Crippen MR) is 129 cm³/mol. The van der Waals surface area contributed by atoms with E-state index in [4.69, 9.17) is 11.6 Å². The number of carbonyl (C=O) groups is 2. The number of nitrogens with zero attached hydrogens (tertiary/aromatic N) is 4. The Morgan fingerprint density at radius 3 is 2.50 bits per heavy atom. The van der Waals surface area contributed by atoms with Crippen LogP contribution in [0.4, 0.5) is 14.9 Å². The minimum Gasteiger partial charge on any atom is -0.339 e. The largest absolute Gasteiger partial charge is 0.339 e. The molecule has 0 aliphatic carbocycles. The third-order valence-electron chi connectivity index (χ3n) is 6.84. The first kappa shape index (κ1) is 22.7. The van der Waals surface area contributed by atoms with Crippen LogP contribution in [0.2, 0.25) is 5.02 Å². The molecule has 178 valence electrons. The fourth-order valence-electron chi connectivity index (χ4n) is 4.88. The number of pyridine rings is 1. The van der Waals surface area contributed by atoms with Gasteiger partial charge in [-0.15, -0.1) is 0 Å². The highest BCUT2D eigenvalue weighted by Gasteiger charge is 2.26. The molecule has 0 unspecified atom stereocenters. The number of amides is 3. The highest BCUT2D eigenvalue weighted by Crippen LogP contribution is 2.30. The van der Waals surface area contributed by atoms with Crippen molar-refractivity contribution in [3.63, 3.8) is 0 Å². The number of hydrogen-bond acceptors (Lipinski definition) is 3. The molecule has 5 rings (SSSR count). The Bertz CT molecular complexity index is 1220. The summed E-state index contributed by atoms with van der Waals surface area (Å²) >= 11 is 5.81. The van der Waals surface area contributed by atoms with Crippen molar-refractivity contribution >= 4 is 34.7 Å². The first-order valence-electron chi connectivity index (χ1n) is 11.8. The summed E-state index contributed by atoms with van der Waals surface area (Å²) in [6.45, 7) is 2.83. The summed E-state index contributed by atoms with van der Waals surface area (Å²) in [6, 6.07) is 8.05. The highest BCUT2D eigenvalue weighted by atomic mass is 35.5. The lowest BCUT2D eigenvalue weighted by molar-refractivity contribution is 0.0726. The van der Waals surface area contributed by atoms with Crippen LogP contribution in [0.5, 0.6) is 0 Å². The molecular weight excluding hydrogens is 457 g/mol. The Kier molecular flexibility index (Phi) is 6.41. The zero-order valence-electron chi connectivity index (χ0n) is 18.8. The van der Waals surface area contributed by atoms with Gasteiger partial charge in [-0.25, -0.2) is 13.7 Å². The van der Waals surface area contributed by atoms with Crippen LogP contribution in [-0.2, 0) is 0 Å². The molecule has 2 fully saturated rings. The summed E-state index contributed by atoms with van der Waals surface area (Å²) < 4.78 is 15.1. The lowest BCUT2D eigenvalue weighted by Gasteiger charge is -2.32. The Labute approximate surface area is 202 Å². The number of rotatable bonds is 3. The summed E-state index contributed by atoms with van der Waals surface area (Å²) in [5.74, 6) is -0.169. The van der Waals surface area contributed by atoms with Gasteiger partial charge in [-0.2, -0.15) is 5.10 Å². The van der Waals surface area contributed by atoms with Crippen molar-refractivity contribution in [3.8, 4) is 0 Å². The fraction of sp³-hybridized carbons (Fsp3) is 0.400. The van der Waals surface area contributed by atoms with Gasteiger partial charge in [-0.1, -0.05) is 11.6 Å². The Balaban J connectivity index is 1.25. The van der Waals surface area contributed by atoms with Crippen molar-refractivity contribution < 1.29 is 14.0 Å². The SMILES string of the molecule is O=C(Nc1ccc(F)c(Cl)c1)N1CCC(c2ccn3ncc(C(=O)N4CCCCC4)c3c2)CC1. The molecule has 0 saturated carbocycles. The van der Waals surface area contributed by atoms with Gasteiger partial charge in [0.2, 0.25) is 0 Å². The van der Waals surface area contributed by atoms with Crippen LogP contribution >= 0.6 is 11.6 Å². The number of aromatic nitrogens is 2. The van der Waals surface area contributed by atoms with Crippen LogP contribution in [0.25, 0.3) is 5.52 Å². The summed E-state index contributed by atoms with van der Waals surface area (Å²) in [7, 11) is 0. The number of urea groups is 1. The molecule has 0 atom stereocenters. The third kappa shape index (κ3) is 4.59. The van der Waals surface area contributed by atoms with Gasteiger partial charge in [-0.3, -0.25) is 4.79 Å². The van der Waals surface area contributed by atoms with Gasteiger partial charge < -0.3 is 15.1 Å². The number of likely N-dealkylation sites (tertiary alicyclic amines) is 2. The standard InChI is InChI=1S/C25H27ClFN5O2/c26-21-15-19(4-5-22(21)27)29-25(34)31-11-6-17(7-12-31)18-8-13-32-23(14-18)20(16-28-32)24(33)30-9-2-1-3-10-30/h4-5,8,13-17H,1-3,6-7,9-12H2,(H,29,34). The first-order chi connectivity index (χ1) is 16.5. The van der Waals surface area contributed by atoms with Crippen LogP contribution in [0, 0.1) is 5.82 Å². The van der Waals surface area contributed by atoms with Gasteiger partial charge >= 0.3 is 6.03 Å². The van der Waals surface area contributed by atoms with E-state index in [1.807, 2.05) is 11.1 Å². The number of piperidine rings is 2. The third-order valence-corrected chi connectivity index (χ3v) is 7.13. The van der Waals surface area contributed by atoms with Gasteiger partial charge in [0.1, 0.15) is 5.82 Å². The zero-order valence-corrected chi connectivity index (χ0v) is 19.6. The number of carbonyl (C=O) groups excluding carboxylic acids is 2. The molecule has 2 aliphatic heterocycles. The van der Waals surface area contributed by atoms with E-state index < -0.39 is 5.82 Å². The monoisotopic (exact) mass is 483 g/mol. The van der Waals surface area contributed by atoms with Crippen LogP contribution < -0.4 is 5.32 Å². The maximum atomic E-state index is 13.4. The highest BCUT2D eigenvalue weighted by molar-refractivity contribution is 6.31. The molecule has 0 bridgehead atoms. The van der Waals surface area contributed by atoms with Gasteiger partial charge in [0.15, 0.2) is 0 Å². The van der Waals surface area contributed by atoms with Crippen molar-refractivity contribution in [2.75, 3.05) is 31.5 Å². The normalized spacial score (nSPS) is 17.2. The van der Waals surface area contributed by atoms with Crippen molar-refractivity contribution in [3.05, 3.63) is 64.7 Å². The number of anilines is 1. The zero-order chi connectivity index (χ0) is 23.7. The molecular formula is C25H27ClFN5O2.